The predicted molar refractivity (Wildman–Crippen MR) is 81.8 cm³/mol. The van der Waals surface area contributed by atoms with Crippen molar-refractivity contribution in [2.75, 3.05) is 6.26 Å². The molecule has 4 nitrogen and oxygen atoms in total. The maximum Gasteiger partial charge on any atom is 0.150 e. The molecule has 0 aliphatic heterocycles. The van der Waals surface area contributed by atoms with Crippen LogP contribution in [0.15, 0.2) is 18.2 Å². The summed E-state index contributed by atoms with van der Waals surface area (Å²) < 4.78 is 36.9. The van der Waals surface area contributed by atoms with E-state index in [4.69, 9.17) is 5.84 Å². The second-order valence-electron chi connectivity index (χ2n) is 6.03. The number of nitrogens with one attached hydrogen (secondary N) is 1. The standard InChI is InChI=1S/C15H23FN2O2S/c1-10-8-12(6-7-14(10)16)15(18-17)11-4-3-5-13(9-11)21(2,19)20/h6-8,11,13,15,18H,3-5,9,17H2,1-2H3. The van der Waals surface area contributed by atoms with E-state index in [1.807, 2.05) is 0 Å². The van der Waals surface area contributed by atoms with Crippen molar-refractivity contribution in [1.82, 2.24) is 5.43 Å². The zero-order valence-electron chi connectivity index (χ0n) is 12.5. The maximum absolute atomic E-state index is 13.4. The van der Waals surface area contributed by atoms with Gasteiger partial charge in [0.25, 0.3) is 0 Å². The smallest absolute Gasteiger partial charge is 0.150 e. The third-order valence-electron chi connectivity index (χ3n) is 4.46. The summed E-state index contributed by atoms with van der Waals surface area (Å²) in [5.41, 5.74) is 4.27. The van der Waals surface area contributed by atoms with Crippen LogP contribution in [-0.2, 0) is 9.84 Å². The summed E-state index contributed by atoms with van der Waals surface area (Å²) >= 11 is 0. The molecule has 1 aromatic rings. The Balaban J connectivity index is 2.22. The van der Waals surface area contributed by atoms with Crippen LogP contribution in [0.4, 0.5) is 4.39 Å². The molecular weight excluding hydrogens is 291 g/mol. The van der Waals surface area contributed by atoms with Crippen molar-refractivity contribution in [1.29, 1.82) is 0 Å². The third kappa shape index (κ3) is 3.81. The van der Waals surface area contributed by atoms with E-state index < -0.39 is 9.84 Å². The number of aryl methyl sites for hydroxylation is 1. The number of sulfone groups is 1. The van der Waals surface area contributed by atoms with Gasteiger partial charge < -0.3 is 0 Å². The molecule has 6 heteroatoms. The highest BCUT2D eigenvalue weighted by Gasteiger charge is 2.33. The Morgan fingerprint density at radius 2 is 2.10 bits per heavy atom. The Bertz CT molecular complexity index is 604. The van der Waals surface area contributed by atoms with Crippen molar-refractivity contribution in [3.8, 4) is 0 Å². The molecule has 0 radical (unpaired) electrons. The van der Waals surface area contributed by atoms with Crippen molar-refractivity contribution in [2.45, 2.75) is 43.9 Å². The Labute approximate surface area is 125 Å². The first-order valence-corrected chi connectivity index (χ1v) is 9.19. The van der Waals surface area contributed by atoms with Crippen molar-refractivity contribution < 1.29 is 12.8 Å². The first-order valence-electron chi connectivity index (χ1n) is 7.24. The fourth-order valence-electron chi connectivity index (χ4n) is 3.24. The van der Waals surface area contributed by atoms with Gasteiger partial charge in [0.05, 0.1) is 5.25 Å². The van der Waals surface area contributed by atoms with Crippen LogP contribution in [0, 0.1) is 18.7 Å². The first-order chi connectivity index (χ1) is 9.82. The predicted octanol–water partition coefficient (Wildman–Crippen LogP) is 2.24. The van der Waals surface area contributed by atoms with Crippen LogP contribution in [0.1, 0.15) is 42.9 Å². The number of halogens is 1. The molecule has 1 fully saturated rings. The number of benzene rings is 1. The van der Waals surface area contributed by atoms with Gasteiger partial charge in [-0.15, -0.1) is 0 Å². The molecule has 0 spiro atoms. The van der Waals surface area contributed by atoms with Crippen molar-refractivity contribution in [2.24, 2.45) is 11.8 Å². The van der Waals surface area contributed by atoms with Crippen molar-refractivity contribution >= 4 is 9.84 Å². The van der Waals surface area contributed by atoms with Gasteiger partial charge in [0.2, 0.25) is 0 Å². The molecule has 0 saturated heterocycles. The lowest BCUT2D eigenvalue weighted by Crippen LogP contribution is -2.38. The van der Waals surface area contributed by atoms with Gasteiger partial charge in [-0.05, 0) is 49.3 Å². The third-order valence-corrected chi connectivity index (χ3v) is 6.10. The minimum atomic E-state index is -3.03. The van der Waals surface area contributed by atoms with Gasteiger partial charge in [-0.1, -0.05) is 18.6 Å². The van der Waals surface area contributed by atoms with Crippen molar-refractivity contribution in [3.63, 3.8) is 0 Å². The van der Waals surface area contributed by atoms with Gasteiger partial charge in [0.15, 0.2) is 0 Å². The van der Waals surface area contributed by atoms with Gasteiger partial charge in [-0.25, -0.2) is 12.8 Å². The summed E-state index contributed by atoms with van der Waals surface area (Å²) in [5, 5.41) is -0.298. The number of hydrogen-bond donors (Lipinski definition) is 2. The molecule has 0 heterocycles. The summed E-state index contributed by atoms with van der Waals surface area (Å²) in [5.74, 6) is 5.59. The van der Waals surface area contributed by atoms with Crippen LogP contribution < -0.4 is 11.3 Å². The zero-order valence-corrected chi connectivity index (χ0v) is 13.3. The molecule has 0 amide bonds. The molecule has 1 aliphatic carbocycles. The quantitative estimate of drug-likeness (QED) is 0.660. The van der Waals surface area contributed by atoms with E-state index in [-0.39, 0.29) is 23.0 Å². The second-order valence-corrected chi connectivity index (χ2v) is 8.36. The lowest BCUT2D eigenvalue weighted by molar-refractivity contribution is 0.274. The molecule has 3 atom stereocenters. The normalized spacial score (nSPS) is 24.8. The Morgan fingerprint density at radius 3 is 2.67 bits per heavy atom. The number of nitrogens with two attached hydrogens (primary N) is 1. The largest absolute Gasteiger partial charge is 0.271 e. The molecule has 1 aliphatic rings. The lowest BCUT2D eigenvalue weighted by Gasteiger charge is -2.34. The monoisotopic (exact) mass is 314 g/mol. The molecule has 21 heavy (non-hydrogen) atoms. The van der Waals surface area contributed by atoms with Gasteiger partial charge in [-0.3, -0.25) is 11.3 Å². The van der Waals surface area contributed by atoms with E-state index in [0.717, 1.165) is 24.8 Å². The Morgan fingerprint density at radius 1 is 1.38 bits per heavy atom. The summed E-state index contributed by atoms with van der Waals surface area (Å²) in [6.07, 6.45) is 4.42. The molecule has 0 aromatic heterocycles. The number of rotatable bonds is 4. The number of hydrazine groups is 1. The summed E-state index contributed by atoms with van der Waals surface area (Å²) in [7, 11) is -3.03. The Hall–Kier alpha value is -0.980. The molecule has 3 unspecified atom stereocenters. The second kappa shape index (κ2) is 6.42. The highest BCUT2D eigenvalue weighted by molar-refractivity contribution is 7.91. The molecule has 0 bridgehead atoms. The fraction of sp³-hybridized carbons (Fsp3) is 0.600. The summed E-state index contributed by atoms with van der Waals surface area (Å²) in [6, 6.07) is 4.79. The topological polar surface area (TPSA) is 72.2 Å². The van der Waals surface area contributed by atoms with Crippen LogP contribution in [0.2, 0.25) is 0 Å². The van der Waals surface area contributed by atoms with E-state index >= 15 is 0 Å². The van der Waals surface area contributed by atoms with Crippen LogP contribution >= 0.6 is 0 Å². The maximum atomic E-state index is 13.4. The van der Waals surface area contributed by atoms with Crippen LogP contribution in [-0.4, -0.2) is 19.9 Å². The molecule has 2 rings (SSSR count). The van der Waals surface area contributed by atoms with E-state index in [1.165, 1.54) is 12.3 Å². The number of hydrogen-bond acceptors (Lipinski definition) is 4. The molecule has 1 aromatic carbocycles. The molecule has 118 valence electrons. The van der Waals surface area contributed by atoms with Crippen molar-refractivity contribution in [3.05, 3.63) is 35.1 Å². The van der Waals surface area contributed by atoms with Gasteiger partial charge >= 0.3 is 0 Å². The van der Waals surface area contributed by atoms with Gasteiger partial charge in [0.1, 0.15) is 15.7 Å². The fourth-order valence-corrected chi connectivity index (χ4v) is 4.43. The van der Waals surface area contributed by atoms with E-state index in [1.54, 1.807) is 19.1 Å². The SMILES string of the molecule is Cc1cc(C(NN)C2CCCC(S(C)(=O)=O)C2)ccc1F. The summed E-state index contributed by atoms with van der Waals surface area (Å²) in [6.45, 7) is 1.71. The average molecular weight is 314 g/mol. The molecular formula is C15H23FN2O2S. The average Bonchev–Trinajstić information content (AvgIpc) is 2.43. The van der Waals surface area contributed by atoms with Crippen LogP contribution in [0.5, 0.6) is 0 Å². The van der Waals surface area contributed by atoms with Gasteiger partial charge in [0, 0.05) is 12.3 Å². The molecule has 1 saturated carbocycles. The highest BCUT2D eigenvalue weighted by Crippen LogP contribution is 2.36. The van der Waals surface area contributed by atoms with Crippen LogP contribution in [0.25, 0.3) is 0 Å². The van der Waals surface area contributed by atoms with E-state index in [9.17, 15) is 12.8 Å². The van der Waals surface area contributed by atoms with E-state index in [2.05, 4.69) is 5.43 Å². The minimum absolute atomic E-state index is 0.145. The van der Waals surface area contributed by atoms with Gasteiger partial charge in [-0.2, -0.15) is 0 Å². The highest BCUT2D eigenvalue weighted by atomic mass is 32.2. The molecule has 3 N–H and O–H groups in total. The minimum Gasteiger partial charge on any atom is -0.271 e. The zero-order chi connectivity index (χ0) is 15.6. The van der Waals surface area contributed by atoms with Crippen LogP contribution in [0.3, 0.4) is 0 Å². The lowest BCUT2D eigenvalue weighted by atomic mass is 9.81. The summed E-state index contributed by atoms with van der Waals surface area (Å²) in [4.78, 5) is 0. The first kappa shape index (κ1) is 16.4. The Kier molecular flexibility index (Phi) is 5.01. The van der Waals surface area contributed by atoms with E-state index in [0.29, 0.717) is 12.0 Å².